The molecule has 0 saturated carbocycles. The zero-order chi connectivity index (χ0) is 18.5. The molecule has 0 saturated heterocycles. The number of hydrogen-bond acceptors (Lipinski definition) is 3. The summed E-state index contributed by atoms with van der Waals surface area (Å²) in [6.45, 7) is 3.96. The van der Waals surface area contributed by atoms with Gasteiger partial charge >= 0.3 is 0 Å². The summed E-state index contributed by atoms with van der Waals surface area (Å²) in [7, 11) is 0. The summed E-state index contributed by atoms with van der Waals surface area (Å²) >= 11 is 0. The van der Waals surface area contributed by atoms with Crippen LogP contribution >= 0.6 is 0 Å². The third-order valence-corrected chi connectivity index (χ3v) is 4.20. The maximum absolute atomic E-state index is 13.2. The van der Waals surface area contributed by atoms with Gasteiger partial charge in [-0.1, -0.05) is 62.4 Å². The fourth-order valence-corrected chi connectivity index (χ4v) is 2.95. The Morgan fingerprint density at radius 3 is 2.42 bits per heavy atom. The second-order valence-electron chi connectivity index (χ2n) is 6.75. The number of benzene rings is 2. The SMILES string of the molecule is CC(C)CC(=O)NN[C@@H](C(=O)c1c[nH]c2ccccc12)c1ccccc1. The minimum atomic E-state index is -0.661. The molecule has 0 aliphatic carbocycles. The highest BCUT2D eigenvalue weighted by atomic mass is 16.2. The Morgan fingerprint density at radius 1 is 1.00 bits per heavy atom. The van der Waals surface area contributed by atoms with Gasteiger partial charge < -0.3 is 4.98 Å². The minimum absolute atomic E-state index is 0.0986. The van der Waals surface area contributed by atoms with Gasteiger partial charge in [-0.2, -0.15) is 0 Å². The highest BCUT2D eigenvalue weighted by molar-refractivity contribution is 6.10. The molecule has 0 radical (unpaired) electrons. The van der Waals surface area contributed by atoms with Gasteiger partial charge in [-0.3, -0.25) is 15.0 Å². The van der Waals surface area contributed by atoms with Crippen LogP contribution in [0, 0.1) is 5.92 Å². The smallest absolute Gasteiger partial charge is 0.234 e. The lowest BCUT2D eigenvalue weighted by atomic mass is 9.97. The number of nitrogens with one attached hydrogen (secondary N) is 3. The number of hydrazine groups is 1. The van der Waals surface area contributed by atoms with Gasteiger partial charge in [-0.25, -0.2) is 5.43 Å². The van der Waals surface area contributed by atoms with E-state index in [1.807, 2.05) is 68.4 Å². The van der Waals surface area contributed by atoms with Gasteiger partial charge in [0.1, 0.15) is 6.04 Å². The van der Waals surface area contributed by atoms with Crippen LogP contribution in [0.3, 0.4) is 0 Å². The summed E-state index contributed by atoms with van der Waals surface area (Å²) in [6.07, 6.45) is 2.12. The number of fused-ring (bicyclic) bond motifs is 1. The number of Topliss-reactive ketones (excluding diaryl/α,β-unsaturated/α-hetero) is 1. The van der Waals surface area contributed by atoms with E-state index in [9.17, 15) is 9.59 Å². The molecule has 134 valence electrons. The number of ketones is 1. The van der Waals surface area contributed by atoms with Crippen LogP contribution < -0.4 is 10.9 Å². The van der Waals surface area contributed by atoms with E-state index in [1.54, 1.807) is 6.20 Å². The number of carbonyl (C=O) groups excluding carboxylic acids is 2. The fraction of sp³-hybridized carbons (Fsp3) is 0.238. The second-order valence-corrected chi connectivity index (χ2v) is 6.75. The number of para-hydroxylation sites is 1. The first-order valence-corrected chi connectivity index (χ1v) is 8.76. The summed E-state index contributed by atoms with van der Waals surface area (Å²) < 4.78 is 0. The van der Waals surface area contributed by atoms with Crippen molar-refractivity contribution in [1.82, 2.24) is 15.8 Å². The van der Waals surface area contributed by atoms with Crippen LogP contribution in [-0.2, 0) is 4.79 Å². The van der Waals surface area contributed by atoms with Crippen LogP contribution in [0.2, 0.25) is 0 Å². The number of rotatable bonds is 7. The molecule has 5 heteroatoms. The summed E-state index contributed by atoms with van der Waals surface area (Å²) in [5.74, 6) is 0.0162. The highest BCUT2D eigenvalue weighted by Crippen LogP contribution is 2.24. The van der Waals surface area contributed by atoms with Crippen molar-refractivity contribution in [3.05, 3.63) is 71.9 Å². The van der Waals surface area contributed by atoms with Gasteiger partial charge in [0.05, 0.1) is 0 Å². The van der Waals surface area contributed by atoms with Crippen molar-refractivity contribution < 1.29 is 9.59 Å². The van der Waals surface area contributed by atoms with Crippen LogP contribution in [0.15, 0.2) is 60.8 Å². The molecule has 1 heterocycles. The molecular formula is C21H23N3O2. The Balaban J connectivity index is 1.88. The molecule has 3 rings (SSSR count). The van der Waals surface area contributed by atoms with E-state index in [-0.39, 0.29) is 17.6 Å². The van der Waals surface area contributed by atoms with Gasteiger partial charge in [0.25, 0.3) is 0 Å². The van der Waals surface area contributed by atoms with Crippen molar-refractivity contribution in [2.75, 3.05) is 0 Å². The average Bonchev–Trinajstić information content (AvgIpc) is 3.06. The summed E-state index contributed by atoms with van der Waals surface area (Å²) in [5.41, 5.74) is 7.92. The van der Waals surface area contributed by atoms with Crippen molar-refractivity contribution in [3.8, 4) is 0 Å². The second kappa shape index (κ2) is 7.97. The number of carbonyl (C=O) groups is 2. The molecule has 0 aliphatic heterocycles. The number of hydrogen-bond donors (Lipinski definition) is 3. The van der Waals surface area contributed by atoms with Gasteiger partial charge in [0, 0.05) is 29.1 Å². The lowest BCUT2D eigenvalue weighted by molar-refractivity contribution is -0.122. The van der Waals surface area contributed by atoms with E-state index in [0.717, 1.165) is 16.5 Å². The van der Waals surface area contributed by atoms with Crippen molar-refractivity contribution in [3.63, 3.8) is 0 Å². The van der Waals surface area contributed by atoms with Crippen LogP contribution in [0.4, 0.5) is 0 Å². The van der Waals surface area contributed by atoms with E-state index in [4.69, 9.17) is 0 Å². The maximum atomic E-state index is 13.2. The third-order valence-electron chi connectivity index (χ3n) is 4.20. The standard InChI is InChI=1S/C21H23N3O2/c1-14(2)12-19(25)23-24-20(15-8-4-3-5-9-15)21(26)17-13-22-18-11-7-6-10-16(17)18/h3-11,13-14,20,22,24H,12H2,1-2H3,(H,23,25)/t20-/m1/s1. The van der Waals surface area contributed by atoms with E-state index in [1.165, 1.54) is 0 Å². The molecule has 26 heavy (non-hydrogen) atoms. The zero-order valence-electron chi connectivity index (χ0n) is 15.0. The Kier molecular flexibility index (Phi) is 5.49. The molecule has 0 spiro atoms. The van der Waals surface area contributed by atoms with Gasteiger partial charge in [0.15, 0.2) is 5.78 Å². The van der Waals surface area contributed by atoms with Gasteiger partial charge in [-0.05, 0) is 17.5 Å². The first kappa shape index (κ1) is 17.9. The molecule has 2 aromatic carbocycles. The molecule has 0 fully saturated rings. The molecule has 1 atom stereocenters. The lowest BCUT2D eigenvalue weighted by Crippen LogP contribution is -2.43. The topological polar surface area (TPSA) is 74.0 Å². The van der Waals surface area contributed by atoms with Gasteiger partial charge in [-0.15, -0.1) is 0 Å². The molecule has 0 bridgehead atoms. The zero-order valence-corrected chi connectivity index (χ0v) is 15.0. The fourth-order valence-electron chi connectivity index (χ4n) is 2.95. The molecule has 0 aliphatic rings. The number of aromatic nitrogens is 1. The minimum Gasteiger partial charge on any atom is -0.360 e. The van der Waals surface area contributed by atoms with Crippen LogP contribution in [0.5, 0.6) is 0 Å². The van der Waals surface area contributed by atoms with Crippen molar-refractivity contribution >= 4 is 22.6 Å². The van der Waals surface area contributed by atoms with Gasteiger partial charge in [0.2, 0.25) is 5.91 Å². The third kappa shape index (κ3) is 4.00. The summed E-state index contributed by atoms with van der Waals surface area (Å²) in [6, 6.07) is 16.4. The van der Waals surface area contributed by atoms with E-state index < -0.39 is 6.04 Å². The van der Waals surface area contributed by atoms with E-state index >= 15 is 0 Å². The average molecular weight is 349 g/mol. The maximum Gasteiger partial charge on any atom is 0.234 e. The molecule has 3 aromatic rings. The molecule has 5 nitrogen and oxygen atoms in total. The van der Waals surface area contributed by atoms with E-state index in [0.29, 0.717) is 12.0 Å². The first-order chi connectivity index (χ1) is 12.6. The highest BCUT2D eigenvalue weighted by Gasteiger charge is 2.24. The summed E-state index contributed by atoms with van der Waals surface area (Å²) in [5, 5.41) is 0.869. The number of H-pyrrole nitrogens is 1. The predicted octanol–water partition coefficient (Wildman–Crippen LogP) is 3.76. The largest absolute Gasteiger partial charge is 0.360 e. The lowest BCUT2D eigenvalue weighted by Gasteiger charge is -2.19. The monoisotopic (exact) mass is 349 g/mol. The Labute approximate surface area is 152 Å². The Bertz CT molecular complexity index is 900. The molecule has 1 amide bonds. The van der Waals surface area contributed by atoms with Crippen LogP contribution in [-0.4, -0.2) is 16.7 Å². The predicted molar refractivity (Wildman–Crippen MR) is 103 cm³/mol. The Morgan fingerprint density at radius 2 is 1.69 bits per heavy atom. The number of amides is 1. The molecule has 0 unspecified atom stereocenters. The van der Waals surface area contributed by atoms with Crippen LogP contribution in [0.25, 0.3) is 10.9 Å². The summed E-state index contributed by atoms with van der Waals surface area (Å²) in [4.78, 5) is 28.4. The molecule has 3 N–H and O–H groups in total. The molecule has 1 aromatic heterocycles. The van der Waals surface area contributed by atoms with Crippen molar-refractivity contribution in [1.29, 1.82) is 0 Å². The first-order valence-electron chi connectivity index (χ1n) is 8.76. The normalized spacial score (nSPS) is 12.3. The van der Waals surface area contributed by atoms with Crippen molar-refractivity contribution in [2.45, 2.75) is 26.3 Å². The van der Waals surface area contributed by atoms with E-state index in [2.05, 4.69) is 15.8 Å². The van der Waals surface area contributed by atoms with Crippen molar-refractivity contribution in [2.24, 2.45) is 5.92 Å². The Hall–Kier alpha value is -2.92. The quantitative estimate of drug-likeness (QED) is 0.449. The van der Waals surface area contributed by atoms with Crippen LogP contribution in [0.1, 0.15) is 42.2 Å². The number of aromatic amines is 1. The molecular weight excluding hydrogens is 326 g/mol.